The van der Waals surface area contributed by atoms with E-state index in [1.807, 2.05) is 0 Å². The molecular weight excluding hydrogens is 252 g/mol. The zero-order valence-electron chi connectivity index (χ0n) is 9.69. The molecule has 1 aromatic carbocycles. The second-order valence-electron chi connectivity index (χ2n) is 3.83. The quantitative estimate of drug-likeness (QED) is 0.783. The van der Waals surface area contributed by atoms with Crippen LogP contribution in [-0.2, 0) is 6.54 Å². The number of amides is 1. The smallest absolute Gasteiger partial charge is 0.304 e. The highest BCUT2D eigenvalue weighted by atomic mass is 32.1. The molecule has 2 rings (SSSR count). The van der Waals surface area contributed by atoms with Gasteiger partial charge in [0.1, 0.15) is 5.75 Å². The van der Waals surface area contributed by atoms with Gasteiger partial charge in [-0.15, -0.1) is 0 Å². The zero-order chi connectivity index (χ0) is 13.1. The summed E-state index contributed by atoms with van der Waals surface area (Å²) in [5.74, 6) is -0.392. The van der Waals surface area contributed by atoms with Crippen molar-refractivity contribution in [2.24, 2.45) is 0 Å². The highest BCUT2D eigenvalue weighted by molar-refractivity contribution is 7.07. The lowest BCUT2D eigenvalue weighted by atomic mass is 10.1. The summed E-state index contributed by atoms with van der Waals surface area (Å²) >= 11 is 1.05. The molecule has 6 heteroatoms. The number of nitrogens with one attached hydrogen (secondary N) is 2. The highest BCUT2D eigenvalue weighted by Crippen LogP contribution is 2.21. The number of aromatic hydroxyl groups is 1. The maximum absolute atomic E-state index is 11.8. The zero-order valence-corrected chi connectivity index (χ0v) is 10.5. The van der Waals surface area contributed by atoms with Crippen LogP contribution in [0.2, 0.25) is 0 Å². The lowest BCUT2D eigenvalue weighted by Crippen LogP contribution is -2.23. The van der Waals surface area contributed by atoms with Gasteiger partial charge in [-0.1, -0.05) is 23.5 Å². The molecule has 0 aliphatic carbocycles. The summed E-state index contributed by atoms with van der Waals surface area (Å²) in [5.41, 5.74) is 1.52. The molecule has 0 fully saturated rings. The van der Waals surface area contributed by atoms with Crippen LogP contribution in [0.3, 0.4) is 0 Å². The van der Waals surface area contributed by atoms with E-state index in [1.54, 1.807) is 30.5 Å². The minimum absolute atomic E-state index is 0.0196. The van der Waals surface area contributed by atoms with Gasteiger partial charge in [-0.05, 0) is 18.6 Å². The molecule has 1 amide bonds. The van der Waals surface area contributed by atoms with Crippen molar-refractivity contribution in [3.63, 3.8) is 0 Å². The van der Waals surface area contributed by atoms with Gasteiger partial charge in [-0.3, -0.25) is 9.59 Å². The third-order valence-electron chi connectivity index (χ3n) is 2.49. The maximum Gasteiger partial charge on any atom is 0.304 e. The van der Waals surface area contributed by atoms with E-state index >= 15 is 0 Å². The van der Waals surface area contributed by atoms with Crippen LogP contribution in [-0.4, -0.2) is 16.0 Å². The molecule has 0 bridgehead atoms. The summed E-state index contributed by atoms with van der Waals surface area (Å²) < 4.78 is 0. The number of aromatic nitrogens is 1. The fraction of sp³-hybridized carbons (Fsp3) is 0.167. The molecule has 0 saturated carbocycles. The average Bonchev–Trinajstić information content (AvgIpc) is 2.76. The average molecular weight is 264 g/mol. The van der Waals surface area contributed by atoms with Gasteiger partial charge in [-0.25, -0.2) is 0 Å². The fourth-order valence-electron chi connectivity index (χ4n) is 1.51. The number of aromatic amines is 1. The monoisotopic (exact) mass is 264 g/mol. The van der Waals surface area contributed by atoms with Gasteiger partial charge in [0.15, 0.2) is 0 Å². The highest BCUT2D eigenvalue weighted by Gasteiger charge is 2.12. The maximum atomic E-state index is 11.8. The first-order chi connectivity index (χ1) is 8.58. The number of hydrogen-bond acceptors (Lipinski definition) is 4. The summed E-state index contributed by atoms with van der Waals surface area (Å²) in [7, 11) is 0. The van der Waals surface area contributed by atoms with Crippen molar-refractivity contribution in [3.05, 3.63) is 50.1 Å². The Hall–Kier alpha value is -2.08. The second kappa shape index (κ2) is 5.05. The van der Waals surface area contributed by atoms with Gasteiger partial charge in [0.25, 0.3) is 5.91 Å². The number of phenols is 1. The van der Waals surface area contributed by atoms with Gasteiger partial charge >= 0.3 is 4.87 Å². The van der Waals surface area contributed by atoms with Crippen molar-refractivity contribution in [2.45, 2.75) is 13.5 Å². The summed E-state index contributed by atoms with van der Waals surface area (Å²) in [4.78, 5) is 25.2. The van der Waals surface area contributed by atoms with E-state index in [4.69, 9.17) is 0 Å². The number of aryl methyl sites for hydroxylation is 1. The largest absolute Gasteiger partial charge is 0.507 e. The van der Waals surface area contributed by atoms with Gasteiger partial charge < -0.3 is 15.4 Å². The summed E-state index contributed by atoms with van der Waals surface area (Å²) in [6.07, 6.45) is 0. The van der Waals surface area contributed by atoms with E-state index in [9.17, 15) is 14.7 Å². The standard InChI is InChI=1S/C12H12N2O3S/c1-7-3-2-4-9(10(7)15)11(16)13-5-8-6-18-12(17)14-8/h2-4,6,15H,5H2,1H3,(H,13,16)(H,14,17). The van der Waals surface area contributed by atoms with Crippen LogP contribution in [0.1, 0.15) is 21.6 Å². The number of carbonyl (C=O) groups excluding carboxylic acids is 1. The van der Waals surface area contributed by atoms with Gasteiger partial charge in [-0.2, -0.15) is 0 Å². The third kappa shape index (κ3) is 2.60. The number of rotatable bonds is 3. The molecule has 0 saturated heterocycles. The van der Waals surface area contributed by atoms with Gasteiger partial charge in [0.2, 0.25) is 0 Å². The van der Waals surface area contributed by atoms with Crippen molar-refractivity contribution < 1.29 is 9.90 Å². The molecule has 2 aromatic rings. The van der Waals surface area contributed by atoms with Crippen molar-refractivity contribution in [3.8, 4) is 5.75 Å². The van der Waals surface area contributed by atoms with Crippen LogP contribution >= 0.6 is 11.3 Å². The van der Waals surface area contributed by atoms with Crippen LogP contribution in [0.4, 0.5) is 0 Å². The van der Waals surface area contributed by atoms with Crippen LogP contribution in [0, 0.1) is 6.92 Å². The van der Waals surface area contributed by atoms with E-state index in [-0.39, 0.29) is 28.6 Å². The SMILES string of the molecule is Cc1cccc(C(=O)NCc2csc(=O)[nH]2)c1O. The van der Waals surface area contributed by atoms with E-state index < -0.39 is 0 Å². The summed E-state index contributed by atoms with van der Waals surface area (Å²) in [6, 6.07) is 4.98. The number of carbonyl (C=O) groups is 1. The number of H-pyrrole nitrogens is 1. The summed E-state index contributed by atoms with van der Waals surface area (Å²) in [5, 5.41) is 14.0. The van der Waals surface area contributed by atoms with Gasteiger partial charge in [0.05, 0.1) is 12.1 Å². The Labute approximate surface area is 107 Å². The first-order valence-corrected chi connectivity index (χ1v) is 6.19. The first-order valence-electron chi connectivity index (χ1n) is 5.31. The number of hydrogen-bond donors (Lipinski definition) is 3. The van der Waals surface area contributed by atoms with E-state index in [0.717, 1.165) is 11.3 Å². The van der Waals surface area contributed by atoms with Crippen molar-refractivity contribution >= 4 is 17.2 Å². The van der Waals surface area contributed by atoms with Crippen molar-refractivity contribution in [1.82, 2.24) is 10.3 Å². The van der Waals surface area contributed by atoms with Crippen molar-refractivity contribution in [1.29, 1.82) is 0 Å². The molecule has 0 aliphatic rings. The molecular formula is C12H12N2O3S. The van der Waals surface area contributed by atoms with E-state index in [0.29, 0.717) is 11.3 Å². The molecule has 0 radical (unpaired) electrons. The molecule has 0 unspecified atom stereocenters. The Morgan fingerprint density at radius 1 is 1.50 bits per heavy atom. The van der Waals surface area contributed by atoms with Crippen LogP contribution < -0.4 is 10.2 Å². The topological polar surface area (TPSA) is 82.2 Å². The first kappa shape index (κ1) is 12.4. The second-order valence-corrected chi connectivity index (χ2v) is 4.67. The molecule has 1 heterocycles. The molecule has 1 aromatic heterocycles. The van der Waals surface area contributed by atoms with E-state index in [2.05, 4.69) is 10.3 Å². The number of benzene rings is 1. The predicted molar refractivity (Wildman–Crippen MR) is 69.0 cm³/mol. The molecule has 0 spiro atoms. The molecule has 94 valence electrons. The Morgan fingerprint density at radius 2 is 2.28 bits per heavy atom. The van der Waals surface area contributed by atoms with Gasteiger partial charge in [0, 0.05) is 11.1 Å². The Morgan fingerprint density at radius 3 is 2.94 bits per heavy atom. The lowest BCUT2D eigenvalue weighted by molar-refractivity contribution is 0.0947. The molecule has 0 aliphatic heterocycles. The van der Waals surface area contributed by atoms with Crippen LogP contribution in [0.25, 0.3) is 0 Å². The molecule has 18 heavy (non-hydrogen) atoms. The lowest BCUT2D eigenvalue weighted by Gasteiger charge is -2.07. The summed E-state index contributed by atoms with van der Waals surface area (Å²) in [6.45, 7) is 1.95. The number of phenolic OH excluding ortho intramolecular Hbond substituents is 1. The minimum atomic E-state index is -0.372. The Kier molecular flexibility index (Phi) is 3.47. The normalized spacial score (nSPS) is 10.3. The van der Waals surface area contributed by atoms with Crippen molar-refractivity contribution in [2.75, 3.05) is 0 Å². The van der Waals surface area contributed by atoms with Crippen LogP contribution in [0.15, 0.2) is 28.4 Å². The molecule has 0 atom stereocenters. The third-order valence-corrected chi connectivity index (χ3v) is 3.21. The minimum Gasteiger partial charge on any atom is -0.507 e. The number of thiazole rings is 1. The Balaban J connectivity index is 2.08. The van der Waals surface area contributed by atoms with Crippen LogP contribution in [0.5, 0.6) is 5.75 Å². The molecule has 3 N–H and O–H groups in total. The predicted octanol–water partition coefficient (Wildman–Crippen LogP) is 1.38. The molecule has 5 nitrogen and oxygen atoms in total. The van der Waals surface area contributed by atoms with E-state index in [1.165, 1.54) is 0 Å². The number of para-hydroxylation sites is 1. The fourth-order valence-corrected chi connectivity index (χ4v) is 2.10. The Bertz CT molecular complexity index is 630.